The second kappa shape index (κ2) is 8.37. The van der Waals surface area contributed by atoms with Crippen molar-refractivity contribution in [3.8, 4) is 16.5 Å². The van der Waals surface area contributed by atoms with Crippen LogP contribution in [0.5, 0.6) is 5.75 Å². The van der Waals surface area contributed by atoms with Crippen LogP contribution in [-0.4, -0.2) is 38.9 Å². The van der Waals surface area contributed by atoms with Crippen molar-refractivity contribution in [2.45, 2.75) is 25.3 Å². The first kappa shape index (κ1) is 17.8. The van der Waals surface area contributed by atoms with Crippen LogP contribution in [0.4, 0.5) is 0 Å². The first-order valence-electron chi connectivity index (χ1n) is 9.01. The summed E-state index contributed by atoms with van der Waals surface area (Å²) in [5.41, 5.74) is 1.77. The van der Waals surface area contributed by atoms with Gasteiger partial charge >= 0.3 is 5.97 Å². The number of benzene rings is 1. The van der Waals surface area contributed by atoms with E-state index in [9.17, 15) is 4.79 Å². The number of hydrogen-bond acceptors (Lipinski definition) is 7. The van der Waals surface area contributed by atoms with Gasteiger partial charge in [-0.1, -0.05) is 24.6 Å². The molecular formula is C20H20N4O2S. The average Bonchev–Trinajstić information content (AvgIpc) is 3.20. The molecular weight excluding hydrogens is 360 g/mol. The molecule has 1 fully saturated rings. The van der Waals surface area contributed by atoms with Crippen LogP contribution in [0.2, 0.25) is 0 Å². The molecule has 0 N–H and O–H groups in total. The van der Waals surface area contributed by atoms with Crippen LogP contribution in [0.3, 0.4) is 0 Å². The van der Waals surface area contributed by atoms with E-state index in [-0.39, 0.29) is 18.6 Å². The highest BCUT2D eigenvalue weighted by molar-refractivity contribution is 7.13. The number of esters is 1. The quantitative estimate of drug-likeness (QED) is 0.496. The SMILES string of the molecule is O=C(CN1CCCC[C@@H]1c1csc(-c2cnccn2)n1)Oc1ccccc1. The van der Waals surface area contributed by atoms with Crippen LogP contribution >= 0.6 is 11.3 Å². The Hall–Kier alpha value is -2.64. The van der Waals surface area contributed by atoms with Gasteiger partial charge in [0.25, 0.3) is 0 Å². The third-order valence-electron chi connectivity index (χ3n) is 4.57. The van der Waals surface area contributed by atoms with Crippen molar-refractivity contribution in [3.63, 3.8) is 0 Å². The lowest BCUT2D eigenvalue weighted by atomic mass is 10.00. The summed E-state index contributed by atoms with van der Waals surface area (Å²) in [6.07, 6.45) is 8.24. The van der Waals surface area contributed by atoms with Crippen molar-refractivity contribution in [3.05, 3.63) is 60.0 Å². The summed E-state index contributed by atoms with van der Waals surface area (Å²) >= 11 is 1.56. The summed E-state index contributed by atoms with van der Waals surface area (Å²) in [5, 5.41) is 2.92. The summed E-state index contributed by atoms with van der Waals surface area (Å²) in [4.78, 5) is 27.8. The highest BCUT2D eigenvalue weighted by atomic mass is 32.1. The number of rotatable bonds is 5. The molecule has 27 heavy (non-hydrogen) atoms. The standard InChI is InChI=1S/C20H20N4O2S/c25-19(26-15-6-2-1-3-7-15)13-24-11-5-4-8-18(24)17-14-27-20(23-17)16-12-21-9-10-22-16/h1-3,6-7,9-10,12,14,18H,4-5,8,11,13H2/t18-/m1/s1. The molecule has 0 aliphatic carbocycles. The minimum Gasteiger partial charge on any atom is -0.426 e. The van der Waals surface area contributed by atoms with E-state index in [1.807, 2.05) is 18.2 Å². The lowest BCUT2D eigenvalue weighted by Crippen LogP contribution is -2.38. The van der Waals surface area contributed by atoms with Gasteiger partial charge in [0.1, 0.15) is 16.5 Å². The summed E-state index contributed by atoms with van der Waals surface area (Å²) < 4.78 is 5.46. The van der Waals surface area contributed by atoms with Gasteiger partial charge in [0.2, 0.25) is 0 Å². The minimum absolute atomic E-state index is 0.128. The topological polar surface area (TPSA) is 68.2 Å². The van der Waals surface area contributed by atoms with Gasteiger partial charge in [-0.2, -0.15) is 0 Å². The Bertz CT molecular complexity index is 885. The van der Waals surface area contributed by atoms with E-state index in [0.717, 1.165) is 42.2 Å². The number of carbonyl (C=O) groups excluding carboxylic acids is 1. The second-order valence-electron chi connectivity index (χ2n) is 6.44. The van der Waals surface area contributed by atoms with E-state index in [4.69, 9.17) is 9.72 Å². The Labute approximate surface area is 161 Å². The van der Waals surface area contributed by atoms with E-state index in [1.54, 1.807) is 42.1 Å². The minimum atomic E-state index is -0.238. The molecule has 2 aromatic heterocycles. The van der Waals surface area contributed by atoms with Gasteiger partial charge in [0.15, 0.2) is 0 Å². The summed E-state index contributed by atoms with van der Waals surface area (Å²) in [6, 6.07) is 9.32. The number of ether oxygens (including phenoxy) is 1. The zero-order valence-electron chi connectivity index (χ0n) is 14.8. The molecule has 6 nitrogen and oxygen atoms in total. The van der Waals surface area contributed by atoms with Crippen LogP contribution in [0, 0.1) is 0 Å². The van der Waals surface area contributed by atoms with Gasteiger partial charge in [-0.25, -0.2) is 4.98 Å². The Morgan fingerprint density at radius 2 is 2.11 bits per heavy atom. The van der Waals surface area contributed by atoms with E-state index in [1.165, 1.54) is 0 Å². The Morgan fingerprint density at radius 1 is 1.22 bits per heavy atom. The predicted molar refractivity (Wildman–Crippen MR) is 103 cm³/mol. The average molecular weight is 380 g/mol. The number of para-hydroxylation sites is 1. The zero-order valence-corrected chi connectivity index (χ0v) is 15.6. The number of nitrogens with zero attached hydrogens (tertiary/aromatic N) is 4. The fraction of sp³-hybridized carbons (Fsp3) is 0.300. The first-order chi connectivity index (χ1) is 13.3. The molecule has 0 spiro atoms. The van der Waals surface area contributed by atoms with E-state index in [0.29, 0.717) is 5.75 Å². The molecule has 3 aromatic rings. The van der Waals surface area contributed by atoms with E-state index in [2.05, 4.69) is 20.2 Å². The molecule has 1 aliphatic heterocycles. The molecule has 7 heteroatoms. The van der Waals surface area contributed by atoms with Crippen LogP contribution in [0.25, 0.3) is 10.7 Å². The third kappa shape index (κ3) is 4.37. The number of hydrogen-bond donors (Lipinski definition) is 0. The molecule has 1 aliphatic rings. The number of thiazole rings is 1. The fourth-order valence-corrected chi connectivity index (χ4v) is 4.13. The number of aromatic nitrogens is 3. The van der Waals surface area contributed by atoms with Gasteiger partial charge in [-0.05, 0) is 31.5 Å². The Kier molecular flexibility index (Phi) is 5.50. The van der Waals surface area contributed by atoms with Crippen LogP contribution in [0.1, 0.15) is 31.0 Å². The lowest BCUT2D eigenvalue weighted by Gasteiger charge is -2.33. The largest absolute Gasteiger partial charge is 0.426 e. The van der Waals surface area contributed by atoms with Crippen LogP contribution in [-0.2, 0) is 4.79 Å². The van der Waals surface area contributed by atoms with Crippen molar-refractivity contribution < 1.29 is 9.53 Å². The molecule has 138 valence electrons. The van der Waals surface area contributed by atoms with Gasteiger partial charge < -0.3 is 4.74 Å². The van der Waals surface area contributed by atoms with E-state index < -0.39 is 0 Å². The van der Waals surface area contributed by atoms with Gasteiger partial charge in [0.05, 0.1) is 24.5 Å². The van der Waals surface area contributed by atoms with Crippen molar-refractivity contribution in [1.82, 2.24) is 19.9 Å². The molecule has 4 rings (SSSR count). The highest BCUT2D eigenvalue weighted by Crippen LogP contribution is 2.33. The molecule has 0 radical (unpaired) electrons. The zero-order chi connectivity index (χ0) is 18.5. The summed E-state index contributed by atoms with van der Waals surface area (Å²) in [6.45, 7) is 1.13. The number of likely N-dealkylation sites (tertiary alicyclic amines) is 1. The molecule has 3 heterocycles. The maximum atomic E-state index is 12.4. The van der Waals surface area contributed by atoms with Gasteiger partial charge in [0, 0.05) is 17.8 Å². The number of piperidine rings is 1. The lowest BCUT2D eigenvalue weighted by molar-refractivity contribution is -0.136. The van der Waals surface area contributed by atoms with Crippen molar-refractivity contribution in [2.75, 3.05) is 13.1 Å². The fourth-order valence-electron chi connectivity index (χ4n) is 3.30. The number of carbonyl (C=O) groups is 1. The first-order valence-corrected chi connectivity index (χ1v) is 9.89. The van der Waals surface area contributed by atoms with Crippen molar-refractivity contribution in [2.24, 2.45) is 0 Å². The molecule has 0 unspecified atom stereocenters. The van der Waals surface area contributed by atoms with Crippen molar-refractivity contribution >= 4 is 17.3 Å². The highest BCUT2D eigenvalue weighted by Gasteiger charge is 2.28. The molecule has 1 aromatic carbocycles. The summed E-state index contributed by atoms with van der Waals surface area (Å²) in [7, 11) is 0. The monoisotopic (exact) mass is 380 g/mol. The van der Waals surface area contributed by atoms with E-state index >= 15 is 0 Å². The summed E-state index contributed by atoms with van der Waals surface area (Å²) in [5.74, 6) is 0.340. The molecule has 1 atom stereocenters. The Morgan fingerprint density at radius 3 is 2.93 bits per heavy atom. The molecule has 0 saturated carbocycles. The maximum Gasteiger partial charge on any atom is 0.325 e. The normalized spacial score (nSPS) is 17.6. The van der Waals surface area contributed by atoms with Crippen LogP contribution < -0.4 is 4.74 Å². The third-order valence-corrected chi connectivity index (χ3v) is 5.45. The second-order valence-corrected chi connectivity index (χ2v) is 7.30. The Balaban J connectivity index is 1.46. The smallest absolute Gasteiger partial charge is 0.325 e. The van der Waals surface area contributed by atoms with Crippen molar-refractivity contribution in [1.29, 1.82) is 0 Å². The maximum absolute atomic E-state index is 12.4. The van der Waals surface area contributed by atoms with Gasteiger partial charge in [-0.15, -0.1) is 11.3 Å². The van der Waals surface area contributed by atoms with Crippen LogP contribution in [0.15, 0.2) is 54.3 Å². The molecule has 0 bridgehead atoms. The predicted octanol–water partition coefficient (Wildman–Crippen LogP) is 3.73. The molecule has 1 saturated heterocycles. The molecule has 0 amide bonds. The van der Waals surface area contributed by atoms with Gasteiger partial charge in [-0.3, -0.25) is 19.7 Å².